The van der Waals surface area contributed by atoms with Gasteiger partial charge in [0.15, 0.2) is 22.4 Å². The minimum absolute atomic E-state index is 0.0199. The normalized spacial score (nSPS) is 11.3. The monoisotopic (exact) mass is 416 g/mol. The van der Waals surface area contributed by atoms with E-state index in [-0.39, 0.29) is 29.2 Å². The van der Waals surface area contributed by atoms with Gasteiger partial charge in [-0.2, -0.15) is 0 Å². The molecule has 10 heteroatoms. The Balaban J connectivity index is 1.81. The van der Waals surface area contributed by atoms with Crippen LogP contribution in [0.3, 0.4) is 0 Å². The van der Waals surface area contributed by atoms with Crippen molar-refractivity contribution in [2.75, 3.05) is 0 Å². The summed E-state index contributed by atoms with van der Waals surface area (Å²) in [6.07, 6.45) is 0. The fourth-order valence-electron chi connectivity index (χ4n) is 3.07. The van der Waals surface area contributed by atoms with Crippen LogP contribution in [0.25, 0.3) is 21.5 Å². The number of rotatable bonds is 4. The van der Waals surface area contributed by atoms with Gasteiger partial charge in [0, 0.05) is 6.54 Å². The average Bonchev–Trinajstić information content (AvgIpc) is 3.18. The van der Waals surface area contributed by atoms with Crippen molar-refractivity contribution in [3.63, 3.8) is 0 Å². The third kappa shape index (κ3) is 3.11. The minimum Gasteiger partial charge on any atom is -0.503 e. The van der Waals surface area contributed by atoms with E-state index in [1.807, 2.05) is 0 Å². The average molecular weight is 416 g/mol. The van der Waals surface area contributed by atoms with Crippen LogP contribution in [-0.2, 0) is 13.1 Å². The number of fused-ring (bicyclic) bond motifs is 1. The Morgan fingerprint density at radius 2 is 1.83 bits per heavy atom. The largest absolute Gasteiger partial charge is 0.503 e. The molecule has 0 radical (unpaired) electrons. The first-order valence-corrected chi connectivity index (χ1v) is 9.46. The van der Waals surface area contributed by atoms with Crippen LogP contribution in [0.2, 0.25) is 0 Å². The van der Waals surface area contributed by atoms with E-state index in [4.69, 9.17) is 0 Å². The zero-order valence-electron chi connectivity index (χ0n) is 15.1. The summed E-state index contributed by atoms with van der Waals surface area (Å²) in [5.41, 5.74) is -0.498. The lowest BCUT2D eigenvalue weighted by molar-refractivity contribution is 0.397. The van der Waals surface area contributed by atoms with E-state index in [0.717, 1.165) is 28.0 Å². The highest BCUT2D eigenvalue weighted by Crippen LogP contribution is 2.32. The highest BCUT2D eigenvalue weighted by molar-refractivity contribution is 7.14. The third-order valence-electron chi connectivity index (χ3n) is 4.51. The molecule has 0 unspecified atom stereocenters. The smallest absolute Gasteiger partial charge is 0.331 e. The van der Waals surface area contributed by atoms with Crippen LogP contribution >= 0.6 is 11.3 Å². The van der Waals surface area contributed by atoms with E-state index in [9.17, 15) is 23.5 Å². The predicted molar refractivity (Wildman–Crippen MR) is 104 cm³/mol. The predicted octanol–water partition coefficient (Wildman–Crippen LogP) is 2.73. The van der Waals surface area contributed by atoms with Crippen molar-refractivity contribution in [3.8, 4) is 16.3 Å². The third-order valence-corrected chi connectivity index (χ3v) is 5.45. The Labute approximate surface area is 166 Å². The van der Waals surface area contributed by atoms with Gasteiger partial charge in [0.05, 0.1) is 23.0 Å². The summed E-state index contributed by atoms with van der Waals surface area (Å²) >= 11 is 1.00. The van der Waals surface area contributed by atoms with Crippen molar-refractivity contribution in [1.29, 1.82) is 0 Å². The number of aromatic hydroxyl groups is 1. The minimum atomic E-state index is -1.13. The van der Waals surface area contributed by atoms with Crippen molar-refractivity contribution in [3.05, 3.63) is 73.9 Å². The first-order valence-electron chi connectivity index (χ1n) is 8.64. The van der Waals surface area contributed by atoms with E-state index in [1.165, 1.54) is 4.57 Å². The number of nitrogens with zero attached hydrogens (tertiary/aromatic N) is 4. The lowest BCUT2D eigenvalue weighted by Gasteiger charge is -2.11. The first-order chi connectivity index (χ1) is 13.9. The zero-order chi connectivity index (χ0) is 20.7. The van der Waals surface area contributed by atoms with Gasteiger partial charge in [0.25, 0.3) is 5.56 Å². The fraction of sp³-hybridized carbons (Fsp3) is 0.158. The molecule has 0 fully saturated rings. The second-order valence-corrected chi connectivity index (χ2v) is 7.26. The number of para-hydroxylation sites is 1. The van der Waals surface area contributed by atoms with Crippen molar-refractivity contribution in [2.24, 2.45) is 0 Å². The molecule has 0 bridgehead atoms. The molecule has 0 spiro atoms. The molecule has 0 aliphatic carbocycles. The molecule has 4 aromatic rings. The molecule has 29 heavy (non-hydrogen) atoms. The Morgan fingerprint density at radius 1 is 1.07 bits per heavy atom. The summed E-state index contributed by atoms with van der Waals surface area (Å²) in [6, 6.07) is 8.83. The molecule has 4 rings (SSSR count). The molecule has 0 atom stereocenters. The van der Waals surface area contributed by atoms with Gasteiger partial charge in [0.2, 0.25) is 0 Å². The van der Waals surface area contributed by atoms with Gasteiger partial charge in [-0.15, -0.1) is 10.2 Å². The SMILES string of the molecule is CCn1c(=O)c2ccccc2n(Cc2nnc(-c3ccc(F)c(O)c3F)s2)c1=O. The molecule has 0 saturated heterocycles. The van der Waals surface area contributed by atoms with E-state index < -0.39 is 23.1 Å². The zero-order valence-corrected chi connectivity index (χ0v) is 15.9. The van der Waals surface area contributed by atoms with Crippen LogP contribution in [0.1, 0.15) is 11.9 Å². The van der Waals surface area contributed by atoms with Gasteiger partial charge in [0.1, 0.15) is 5.01 Å². The molecule has 2 heterocycles. The van der Waals surface area contributed by atoms with Gasteiger partial charge < -0.3 is 5.11 Å². The van der Waals surface area contributed by atoms with E-state index in [1.54, 1.807) is 31.2 Å². The molecule has 0 amide bonds. The van der Waals surface area contributed by atoms with E-state index in [0.29, 0.717) is 15.9 Å². The van der Waals surface area contributed by atoms with Gasteiger partial charge in [-0.1, -0.05) is 23.5 Å². The highest BCUT2D eigenvalue weighted by atomic mass is 32.1. The topological polar surface area (TPSA) is 90.0 Å². The standard InChI is InChI=1S/C19H14F2N4O3S/c1-2-24-18(27)10-5-3-4-6-13(10)25(19(24)28)9-14-22-23-17(29-14)11-7-8-12(20)16(26)15(11)21/h3-8,26H,2,9H2,1H3. The molecule has 2 aromatic heterocycles. The number of aromatic nitrogens is 4. The Hall–Kier alpha value is -3.40. The molecule has 2 aromatic carbocycles. The van der Waals surface area contributed by atoms with E-state index >= 15 is 0 Å². The molecule has 148 valence electrons. The van der Waals surface area contributed by atoms with Crippen LogP contribution in [0.4, 0.5) is 8.78 Å². The van der Waals surface area contributed by atoms with Crippen molar-refractivity contribution in [1.82, 2.24) is 19.3 Å². The summed E-state index contributed by atoms with van der Waals surface area (Å²) in [6.45, 7) is 1.94. The summed E-state index contributed by atoms with van der Waals surface area (Å²) in [7, 11) is 0. The molecule has 0 aliphatic heterocycles. The quantitative estimate of drug-likeness (QED) is 0.553. The summed E-state index contributed by atoms with van der Waals surface area (Å²) in [4.78, 5) is 25.3. The lowest BCUT2D eigenvalue weighted by atomic mass is 10.2. The highest BCUT2D eigenvalue weighted by Gasteiger charge is 2.19. The molecular formula is C19H14F2N4O3S. The Kier molecular flexibility index (Phi) is 4.71. The van der Waals surface area contributed by atoms with Crippen LogP contribution < -0.4 is 11.2 Å². The van der Waals surface area contributed by atoms with Crippen molar-refractivity contribution in [2.45, 2.75) is 20.0 Å². The van der Waals surface area contributed by atoms with Crippen LogP contribution in [0.15, 0.2) is 46.0 Å². The van der Waals surface area contributed by atoms with Crippen LogP contribution in [0, 0.1) is 11.6 Å². The van der Waals surface area contributed by atoms with Crippen molar-refractivity contribution < 1.29 is 13.9 Å². The van der Waals surface area contributed by atoms with Gasteiger partial charge in [-0.3, -0.25) is 13.9 Å². The van der Waals surface area contributed by atoms with E-state index in [2.05, 4.69) is 10.2 Å². The number of phenols is 1. The molecule has 0 aliphatic rings. The summed E-state index contributed by atoms with van der Waals surface area (Å²) in [5.74, 6) is -3.29. The van der Waals surface area contributed by atoms with Crippen LogP contribution in [0.5, 0.6) is 5.75 Å². The van der Waals surface area contributed by atoms with Crippen LogP contribution in [-0.4, -0.2) is 24.4 Å². The maximum atomic E-state index is 14.2. The number of phenolic OH excluding ortho intramolecular Hbond substituents is 1. The molecule has 0 saturated carbocycles. The first kappa shape index (κ1) is 18.9. The fourth-order valence-corrected chi connectivity index (χ4v) is 3.92. The second-order valence-electron chi connectivity index (χ2n) is 6.19. The maximum Gasteiger partial charge on any atom is 0.331 e. The van der Waals surface area contributed by atoms with Gasteiger partial charge in [-0.05, 0) is 31.2 Å². The Bertz CT molecular complexity index is 1360. The molecule has 1 N–H and O–H groups in total. The summed E-state index contributed by atoms with van der Waals surface area (Å²) < 4.78 is 30.0. The number of hydrogen-bond donors (Lipinski definition) is 1. The van der Waals surface area contributed by atoms with Gasteiger partial charge >= 0.3 is 5.69 Å². The molecule has 7 nitrogen and oxygen atoms in total. The maximum absolute atomic E-state index is 14.2. The summed E-state index contributed by atoms with van der Waals surface area (Å²) in [5, 5.41) is 18.3. The second kappa shape index (κ2) is 7.21. The number of hydrogen-bond acceptors (Lipinski definition) is 6. The number of benzene rings is 2. The Morgan fingerprint density at radius 3 is 2.59 bits per heavy atom. The number of halogens is 2. The molecular weight excluding hydrogens is 402 g/mol. The van der Waals surface area contributed by atoms with Crippen molar-refractivity contribution >= 4 is 22.2 Å². The van der Waals surface area contributed by atoms with Gasteiger partial charge in [-0.25, -0.2) is 13.6 Å². The lowest BCUT2D eigenvalue weighted by Crippen LogP contribution is -2.39.